The van der Waals surface area contributed by atoms with E-state index in [0.29, 0.717) is 17.1 Å². The summed E-state index contributed by atoms with van der Waals surface area (Å²) in [6.45, 7) is 2.02. The van der Waals surface area contributed by atoms with Gasteiger partial charge in [0.05, 0.1) is 24.0 Å². The number of hydrogen-bond acceptors (Lipinski definition) is 3. The first-order valence-corrected chi connectivity index (χ1v) is 8.40. The molecule has 0 unspecified atom stereocenters. The Hall–Kier alpha value is -3.40. The number of carbonyl (C=O) groups excluding carboxylic acids is 1. The number of amidine groups is 1. The van der Waals surface area contributed by atoms with Crippen molar-refractivity contribution in [2.45, 2.75) is 6.92 Å². The largest absolute Gasteiger partial charge is 0.497 e. The number of ether oxygens (including phenoxy) is 1. The van der Waals surface area contributed by atoms with Crippen LogP contribution in [0.5, 0.6) is 5.75 Å². The van der Waals surface area contributed by atoms with Gasteiger partial charge in [0.25, 0.3) is 5.91 Å². The molecule has 1 aliphatic rings. The number of aryl methyl sites for hydroxylation is 1. The maximum Gasteiger partial charge on any atom is 0.264 e. The molecule has 0 atom stereocenters. The molecule has 1 heterocycles. The first-order valence-electron chi connectivity index (χ1n) is 8.40. The molecule has 0 bridgehead atoms. The van der Waals surface area contributed by atoms with E-state index in [2.05, 4.69) is 0 Å². The molecule has 0 saturated heterocycles. The molecule has 0 spiro atoms. The van der Waals surface area contributed by atoms with E-state index in [1.807, 2.05) is 73.7 Å². The second-order valence-corrected chi connectivity index (χ2v) is 6.16. The zero-order chi connectivity index (χ0) is 18.1. The van der Waals surface area contributed by atoms with E-state index >= 15 is 0 Å². The molecule has 3 aromatic rings. The average molecular weight is 342 g/mol. The van der Waals surface area contributed by atoms with Crippen LogP contribution >= 0.6 is 0 Å². The predicted molar refractivity (Wildman–Crippen MR) is 104 cm³/mol. The van der Waals surface area contributed by atoms with Crippen molar-refractivity contribution in [1.29, 1.82) is 0 Å². The highest BCUT2D eigenvalue weighted by molar-refractivity contribution is 6.36. The Labute approximate surface area is 152 Å². The van der Waals surface area contributed by atoms with Gasteiger partial charge in [-0.25, -0.2) is 4.99 Å². The Morgan fingerprint density at radius 3 is 2.31 bits per heavy atom. The lowest BCUT2D eigenvalue weighted by Crippen LogP contribution is -2.30. The minimum absolute atomic E-state index is 0.0996. The summed E-state index contributed by atoms with van der Waals surface area (Å²) in [7, 11) is 1.60. The van der Waals surface area contributed by atoms with E-state index in [4.69, 9.17) is 9.73 Å². The molecule has 26 heavy (non-hydrogen) atoms. The molecule has 4 rings (SSSR count). The average Bonchev–Trinajstić information content (AvgIpc) is 2.95. The Morgan fingerprint density at radius 1 is 0.885 bits per heavy atom. The summed E-state index contributed by atoms with van der Waals surface area (Å²) in [5.74, 6) is 1.18. The van der Waals surface area contributed by atoms with Crippen molar-refractivity contribution in [2.24, 2.45) is 4.99 Å². The molecular weight excluding hydrogens is 324 g/mol. The smallest absolute Gasteiger partial charge is 0.264 e. The van der Waals surface area contributed by atoms with Crippen molar-refractivity contribution >= 4 is 23.1 Å². The highest BCUT2D eigenvalue weighted by Gasteiger charge is 2.35. The van der Waals surface area contributed by atoms with E-state index in [-0.39, 0.29) is 5.91 Å². The summed E-state index contributed by atoms with van der Waals surface area (Å²) in [5, 5.41) is 0. The number of methoxy groups -OCH3 is 1. The van der Waals surface area contributed by atoms with Crippen molar-refractivity contribution in [2.75, 3.05) is 12.0 Å². The van der Waals surface area contributed by atoms with Crippen LogP contribution in [0.4, 0.5) is 11.4 Å². The third kappa shape index (κ3) is 2.75. The van der Waals surface area contributed by atoms with Crippen molar-refractivity contribution in [3.63, 3.8) is 0 Å². The van der Waals surface area contributed by atoms with Crippen molar-refractivity contribution in [3.8, 4) is 5.75 Å². The first kappa shape index (κ1) is 16.1. The second kappa shape index (κ2) is 6.48. The van der Waals surface area contributed by atoms with Gasteiger partial charge < -0.3 is 4.74 Å². The molecule has 128 valence electrons. The second-order valence-electron chi connectivity index (χ2n) is 6.16. The third-order valence-electron chi connectivity index (χ3n) is 4.40. The normalized spacial score (nSPS) is 14.6. The van der Waals surface area contributed by atoms with E-state index in [9.17, 15) is 4.79 Å². The van der Waals surface area contributed by atoms with Crippen LogP contribution in [0.2, 0.25) is 0 Å². The van der Waals surface area contributed by atoms with Crippen LogP contribution in [-0.4, -0.2) is 18.9 Å². The minimum Gasteiger partial charge on any atom is -0.497 e. The van der Waals surface area contributed by atoms with E-state index in [1.165, 1.54) is 0 Å². The quantitative estimate of drug-likeness (QED) is 0.690. The zero-order valence-electron chi connectivity index (χ0n) is 14.6. The van der Waals surface area contributed by atoms with Crippen LogP contribution in [-0.2, 0) is 0 Å². The Bertz CT molecular complexity index is 992. The summed E-state index contributed by atoms with van der Waals surface area (Å²) in [5.41, 5.74) is 4.14. The van der Waals surface area contributed by atoms with E-state index in [0.717, 1.165) is 22.5 Å². The lowest BCUT2D eigenvalue weighted by atomic mass is 10.1. The van der Waals surface area contributed by atoms with E-state index in [1.54, 1.807) is 18.1 Å². The van der Waals surface area contributed by atoms with Gasteiger partial charge in [0.15, 0.2) is 0 Å². The Morgan fingerprint density at radius 2 is 1.62 bits per heavy atom. The summed E-state index contributed by atoms with van der Waals surface area (Å²) in [4.78, 5) is 19.6. The zero-order valence-corrected chi connectivity index (χ0v) is 14.6. The number of rotatable bonds is 3. The number of benzene rings is 3. The van der Waals surface area contributed by atoms with Crippen molar-refractivity contribution in [3.05, 3.63) is 89.5 Å². The standard InChI is InChI=1S/C22H18N2O2/c1-15-8-10-17(11-9-15)24-21(23-16-6-4-3-5-7-16)19-13-12-18(26-2)14-20(19)22(24)25/h3-14H,1-2H3. The van der Waals surface area contributed by atoms with Crippen LogP contribution in [0.1, 0.15) is 21.5 Å². The number of aliphatic imine (C=N–C) groups is 1. The summed E-state index contributed by atoms with van der Waals surface area (Å²) in [6, 6.07) is 23.0. The van der Waals surface area contributed by atoms with Gasteiger partial charge in [-0.3, -0.25) is 9.69 Å². The van der Waals surface area contributed by atoms with Crippen LogP contribution in [0, 0.1) is 6.92 Å². The van der Waals surface area contributed by atoms with E-state index < -0.39 is 0 Å². The monoisotopic (exact) mass is 342 g/mol. The molecule has 0 N–H and O–H groups in total. The number of hydrogen-bond donors (Lipinski definition) is 0. The van der Waals surface area contributed by atoms with Gasteiger partial charge in [0.1, 0.15) is 11.6 Å². The molecule has 0 aliphatic carbocycles. The number of carbonyl (C=O) groups is 1. The Balaban J connectivity index is 1.90. The molecule has 0 saturated carbocycles. The van der Waals surface area contributed by atoms with Gasteiger partial charge >= 0.3 is 0 Å². The molecular formula is C22H18N2O2. The molecule has 4 nitrogen and oxygen atoms in total. The molecule has 3 aromatic carbocycles. The van der Waals surface area contributed by atoms with Gasteiger partial charge in [-0.2, -0.15) is 0 Å². The first-order chi connectivity index (χ1) is 12.7. The number of nitrogens with zero attached hydrogens (tertiary/aromatic N) is 2. The Kier molecular flexibility index (Phi) is 4.01. The molecule has 0 radical (unpaired) electrons. The molecule has 0 aromatic heterocycles. The summed E-state index contributed by atoms with van der Waals surface area (Å²) >= 11 is 0. The lowest BCUT2D eigenvalue weighted by Gasteiger charge is -2.17. The number of para-hydroxylation sites is 1. The highest BCUT2D eigenvalue weighted by Crippen LogP contribution is 2.32. The molecule has 4 heteroatoms. The fourth-order valence-electron chi connectivity index (χ4n) is 3.03. The van der Waals surface area contributed by atoms with Gasteiger partial charge in [-0.05, 0) is 49.4 Å². The van der Waals surface area contributed by atoms with Crippen LogP contribution in [0.15, 0.2) is 77.8 Å². The fraction of sp³-hybridized carbons (Fsp3) is 0.0909. The summed E-state index contributed by atoms with van der Waals surface area (Å²) in [6.07, 6.45) is 0. The highest BCUT2D eigenvalue weighted by atomic mass is 16.5. The third-order valence-corrected chi connectivity index (χ3v) is 4.40. The molecule has 0 fully saturated rings. The van der Waals surface area contributed by atoms with Gasteiger partial charge in [0, 0.05) is 5.56 Å². The van der Waals surface area contributed by atoms with Crippen LogP contribution < -0.4 is 9.64 Å². The minimum atomic E-state index is -0.0996. The number of anilines is 1. The van der Waals surface area contributed by atoms with Crippen LogP contribution in [0.3, 0.4) is 0 Å². The van der Waals surface area contributed by atoms with Crippen molar-refractivity contribution < 1.29 is 9.53 Å². The van der Waals surface area contributed by atoms with Gasteiger partial charge in [0.2, 0.25) is 0 Å². The number of amides is 1. The maximum atomic E-state index is 13.1. The predicted octanol–water partition coefficient (Wildman–Crippen LogP) is 4.74. The molecule has 1 aliphatic heterocycles. The number of fused-ring (bicyclic) bond motifs is 1. The van der Waals surface area contributed by atoms with Crippen molar-refractivity contribution in [1.82, 2.24) is 0 Å². The molecule has 1 amide bonds. The van der Waals surface area contributed by atoms with Crippen LogP contribution in [0.25, 0.3) is 0 Å². The lowest BCUT2D eigenvalue weighted by molar-refractivity contribution is 0.101. The SMILES string of the molecule is COc1ccc2c(c1)C(=O)N(c1ccc(C)cc1)C2=Nc1ccccc1. The summed E-state index contributed by atoms with van der Waals surface area (Å²) < 4.78 is 5.29. The van der Waals surface area contributed by atoms with Gasteiger partial charge in [-0.15, -0.1) is 0 Å². The van der Waals surface area contributed by atoms with Gasteiger partial charge in [-0.1, -0.05) is 35.9 Å². The maximum absolute atomic E-state index is 13.1. The fourth-order valence-corrected chi connectivity index (χ4v) is 3.03. The topological polar surface area (TPSA) is 41.9 Å².